The van der Waals surface area contributed by atoms with Crippen molar-refractivity contribution in [2.24, 2.45) is 0 Å². The highest BCUT2D eigenvalue weighted by molar-refractivity contribution is 9.10. The van der Waals surface area contributed by atoms with E-state index in [1.54, 1.807) is 0 Å². The molecule has 0 heterocycles. The van der Waals surface area contributed by atoms with Crippen LogP contribution in [0.15, 0.2) is 34.8 Å². The first kappa shape index (κ1) is 13.0. The standard InChI is InChI=1S/C13H15BrO2/c1-10(5-3-8-13(15)16-2)11-6-4-7-12(14)9-11/h4-7,9H,3,8H2,1-2H3/b10-5+. The van der Waals surface area contributed by atoms with E-state index < -0.39 is 0 Å². The molecule has 0 aliphatic heterocycles. The van der Waals surface area contributed by atoms with E-state index in [4.69, 9.17) is 0 Å². The summed E-state index contributed by atoms with van der Waals surface area (Å²) in [5.41, 5.74) is 2.34. The molecule has 2 nitrogen and oxygen atoms in total. The van der Waals surface area contributed by atoms with E-state index in [-0.39, 0.29) is 5.97 Å². The number of hydrogen-bond acceptors (Lipinski definition) is 2. The van der Waals surface area contributed by atoms with Gasteiger partial charge in [-0.05, 0) is 36.6 Å². The van der Waals surface area contributed by atoms with Gasteiger partial charge in [0.2, 0.25) is 0 Å². The van der Waals surface area contributed by atoms with E-state index in [0.29, 0.717) is 12.8 Å². The molecule has 16 heavy (non-hydrogen) atoms. The highest BCUT2D eigenvalue weighted by atomic mass is 79.9. The topological polar surface area (TPSA) is 26.3 Å². The van der Waals surface area contributed by atoms with Crippen molar-refractivity contribution in [3.05, 3.63) is 40.4 Å². The highest BCUT2D eigenvalue weighted by Gasteiger charge is 1.99. The number of carbonyl (C=O) groups is 1. The minimum absolute atomic E-state index is 0.168. The number of rotatable bonds is 4. The smallest absolute Gasteiger partial charge is 0.305 e. The van der Waals surface area contributed by atoms with Crippen LogP contribution in [0.25, 0.3) is 5.57 Å². The molecule has 3 heteroatoms. The van der Waals surface area contributed by atoms with Crippen molar-refractivity contribution >= 4 is 27.5 Å². The molecule has 0 unspecified atom stereocenters. The summed E-state index contributed by atoms with van der Waals surface area (Å²) in [4.78, 5) is 10.9. The summed E-state index contributed by atoms with van der Waals surface area (Å²) in [6.45, 7) is 2.04. The zero-order valence-electron chi connectivity index (χ0n) is 9.50. The van der Waals surface area contributed by atoms with Crippen LogP contribution in [-0.4, -0.2) is 13.1 Å². The van der Waals surface area contributed by atoms with Crippen LogP contribution in [0.2, 0.25) is 0 Å². The summed E-state index contributed by atoms with van der Waals surface area (Å²) < 4.78 is 5.64. The molecular weight excluding hydrogens is 268 g/mol. The maximum Gasteiger partial charge on any atom is 0.305 e. The van der Waals surface area contributed by atoms with E-state index in [1.165, 1.54) is 18.2 Å². The van der Waals surface area contributed by atoms with E-state index >= 15 is 0 Å². The molecule has 1 aromatic rings. The molecule has 0 spiro atoms. The van der Waals surface area contributed by atoms with Gasteiger partial charge in [-0.15, -0.1) is 0 Å². The molecule has 0 amide bonds. The molecule has 1 rings (SSSR count). The van der Waals surface area contributed by atoms with Crippen LogP contribution in [0.3, 0.4) is 0 Å². The number of hydrogen-bond donors (Lipinski definition) is 0. The van der Waals surface area contributed by atoms with Crippen LogP contribution < -0.4 is 0 Å². The molecular formula is C13H15BrO2. The van der Waals surface area contributed by atoms with Crippen molar-refractivity contribution < 1.29 is 9.53 Å². The van der Waals surface area contributed by atoms with Gasteiger partial charge in [0, 0.05) is 10.9 Å². The maximum absolute atomic E-state index is 10.9. The van der Waals surface area contributed by atoms with Crippen molar-refractivity contribution in [1.82, 2.24) is 0 Å². The van der Waals surface area contributed by atoms with E-state index in [2.05, 4.69) is 38.9 Å². The molecule has 0 aromatic heterocycles. The molecule has 0 N–H and O–H groups in total. The van der Waals surface area contributed by atoms with Gasteiger partial charge in [-0.25, -0.2) is 0 Å². The molecule has 0 fully saturated rings. The van der Waals surface area contributed by atoms with Crippen molar-refractivity contribution in [3.63, 3.8) is 0 Å². The van der Waals surface area contributed by atoms with Crippen molar-refractivity contribution in [2.45, 2.75) is 19.8 Å². The van der Waals surface area contributed by atoms with Crippen molar-refractivity contribution in [2.75, 3.05) is 7.11 Å². The monoisotopic (exact) mass is 282 g/mol. The predicted molar refractivity (Wildman–Crippen MR) is 69.0 cm³/mol. The molecule has 0 atom stereocenters. The molecule has 0 aliphatic rings. The lowest BCUT2D eigenvalue weighted by molar-refractivity contribution is -0.140. The lowest BCUT2D eigenvalue weighted by Crippen LogP contribution is -1.98. The van der Waals surface area contributed by atoms with Gasteiger partial charge in [0.15, 0.2) is 0 Å². The minimum atomic E-state index is -0.168. The van der Waals surface area contributed by atoms with Crippen LogP contribution >= 0.6 is 15.9 Å². The molecule has 86 valence electrons. The number of ether oxygens (including phenoxy) is 1. The Kier molecular flexibility index (Phi) is 5.26. The average molecular weight is 283 g/mol. The molecule has 0 aliphatic carbocycles. The van der Waals surface area contributed by atoms with Crippen LogP contribution in [-0.2, 0) is 9.53 Å². The van der Waals surface area contributed by atoms with E-state index in [9.17, 15) is 4.79 Å². The van der Waals surface area contributed by atoms with Gasteiger partial charge < -0.3 is 4.74 Å². The van der Waals surface area contributed by atoms with Gasteiger partial charge in [0.05, 0.1) is 7.11 Å². The second-order valence-electron chi connectivity index (χ2n) is 3.51. The summed E-state index contributed by atoms with van der Waals surface area (Å²) in [5.74, 6) is -0.168. The Hall–Kier alpha value is -1.09. The fourth-order valence-electron chi connectivity index (χ4n) is 1.36. The third kappa shape index (κ3) is 4.19. The first-order valence-corrected chi connectivity index (χ1v) is 5.92. The summed E-state index contributed by atoms with van der Waals surface area (Å²) in [7, 11) is 1.41. The maximum atomic E-state index is 10.9. The van der Waals surface area contributed by atoms with Gasteiger partial charge >= 0.3 is 5.97 Å². The highest BCUT2D eigenvalue weighted by Crippen LogP contribution is 2.19. The minimum Gasteiger partial charge on any atom is -0.469 e. The van der Waals surface area contributed by atoms with Crippen molar-refractivity contribution in [1.29, 1.82) is 0 Å². The van der Waals surface area contributed by atoms with Crippen LogP contribution in [0, 0.1) is 0 Å². The fraction of sp³-hybridized carbons (Fsp3) is 0.308. The van der Waals surface area contributed by atoms with Gasteiger partial charge in [-0.3, -0.25) is 4.79 Å². The normalized spacial score (nSPS) is 11.3. The molecule has 0 saturated heterocycles. The van der Waals surface area contributed by atoms with E-state index in [1.807, 2.05) is 19.1 Å². The van der Waals surface area contributed by atoms with Gasteiger partial charge in [0.1, 0.15) is 0 Å². The van der Waals surface area contributed by atoms with Crippen LogP contribution in [0.4, 0.5) is 0 Å². The average Bonchev–Trinajstić information content (AvgIpc) is 2.28. The molecule has 0 bridgehead atoms. The Balaban J connectivity index is 2.60. The van der Waals surface area contributed by atoms with E-state index in [0.717, 1.165) is 4.47 Å². The van der Waals surface area contributed by atoms with Gasteiger partial charge in [-0.2, -0.15) is 0 Å². The second-order valence-corrected chi connectivity index (χ2v) is 4.43. The SMILES string of the molecule is COC(=O)CC/C=C(\C)c1cccc(Br)c1. The zero-order chi connectivity index (χ0) is 12.0. The summed E-state index contributed by atoms with van der Waals surface area (Å²) in [5, 5.41) is 0. The number of benzene rings is 1. The molecule has 0 saturated carbocycles. The second kappa shape index (κ2) is 6.48. The molecule has 1 aromatic carbocycles. The Morgan fingerprint density at radius 2 is 2.25 bits per heavy atom. The lowest BCUT2D eigenvalue weighted by Gasteiger charge is -2.02. The Morgan fingerprint density at radius 3 is 2.88 bits per heavy atom. The van der Waals surface area contributed by atoms with Crippen LogP contribution in [0.1, 0.15) is 25.3 Å². The lowest BCUT2D eigenvalue weighted by atomic mass is 10.1. The Morgan fingerprint density at radius 1 is 1.50 bits per heavy atom. The summed E-state index contributed by atoms with van der Waals surface area (Å²) in [6.07, 6.45) is 3.20. The third-order valence-electron chi connectivity index (χ3n) is 2.31. The molecule has 0 radical (unpaired) electrons. The summed E-state index contributed by atoms with van der Waals surface area (Å²) >= 11 is 3.43. The number of methoxy groups -OCH3 is 1. The van der Waals surface area contributed by atoms with Gasteiger partial charge in [-0.1, -0.05) is 34.1 Å². The summed E-state index contributed by atoms with van der Waals surface area (Å²) in [6, 6.07) is 8.10. The number of allylic oxidation sites excluding steroid dienone is 2. The quantitative estimate of drug-likeness (QED) is 0.785. The Labute approximate surface area is 104 Å². The van der Waals surface area contributed by atoms with Gasteiger partial charge in [0.25, 0.3) is 0 Å². The number of esters is 1. The Bertz CT molecular complexity index is 397. The largest absolute Gasteiger partial charge is 0.469 e. The fourth-order valence-corrected chi connectivity index (χ4v) is 1.76. The third-order valence-corrected chi connectivity index (χ3v) is 2.80. The zero-order valence-corrected chi connectivity index (χ0v) is 11.1. The number of carbonyl (C=O) groups excluding carboxylic acids is 1. The number of halogens is 1. The van der Waals surface area contributed by atoms with Crippen LogP contribution in [0.5, 0.6) is 0 Å². The van der Waals surface area contributed by atoms with Crippen molar-refractivity contribution in [3.8, 4) is 0 Å². The first-order chi connectivity index (χ1) is 7.63. The first-order valence-electron chi connectivity index (χ1n) is 5.13. The predicted octanol–water partition coefficient (Wildman–Crippen LogP) is 3.81.